The molecule has 0 spiro atoms. The standard InChI is InChI=1S/C12H14N4O2S/c1-2-18-11(17)8-9-19-12-13-14-15-16(12)10-6-4-3-5-7-10/h3-7H,2,8-9H2,1H3. The number of nitrogens with zero attached hydrogens (tertiary/aromatic N) is 4. The Bertz CT molecular complexity index is 530. The number of tetrazole rings is 1. The van der Waals surface area contributed by atoms with Gasteiger partial charge in [-0.15, -0.1) is 5.10 Å². The van der Waals surface area contributed by atoms with Gasteiger partial charge in [0.2, 0.25) is 5.16 Å². The lowest BCUT2D eigenvalue weighted by Gasteiger charge is -2.03. The molecule has 0 aliphatic heterocycles. The summed E-state index contributed by atoms with van der Waals surface area (Å²) in [6.45, 7) is 2.20. The van der Waals surface area contributed by atoms with Crippen molar-refractivity contribution in [2.75, 3.05) is 12.4 Å². The molecule has 2 rings (SSSR count). The molecule has 100 valence electrons. The second-order valence-corrected chi connectivity index (χ2v) is 4.67. The number of benzene rings is 1. The summed E-state index contributed by atoms with van der Waals surface area (Å²) < 4.78 is 6.51. The van der Waals surface area contributed by atoms with Crippen molar-refractivity contribution in [1.82, 2.24) is 20.2 Å². The Morgan fingerprint density at radius 3 is 2.89 bits per heavy atom. The number of carbonyl (C=O) groups excluding carboxylic acids is 1. The van der Waals surface area contributed by atoms with Gasteiger partial charge in [-0.1, -0.05) is 30.0 Å². The van der Waals surface area contributed by atoms with Crippen molar-refractivity contribution in [3.05, 3.63) is 30.3 Å². The van der Waals surface area contributed by atoms with E-state index in [2.05, 4.69) is 15.5 Å². The molecule has 0 bridgehead atoms. The molecular weight excluding hydrogens is 264 g/mol. The zero-order valence-corrected chi connectivity index (χ0v) is 11.3. The molecule has 0 fully saturated rings. The van der Waals surface area contributed by atoms with Crippen molar-refractivity contribution in [2.45, 2.75) is 18.5 Å². The molecule has 0 amide bonds. The molecule has 1 aromatic heterocycles. The van der Waals surface area contributed by atoms with Crippen LogP contribution in [0, 0.1) is 0 Å². The second-order valence-electron chi connectivity index (χ2n) is 3.61. The Morgan fingerprint density at radius 2 is 2.16 bits per heavy atom. The van der Waals surface area contributed by atoms with Crippen molar-refractivity contribution >= 4 is 17.7 Å². The van der Waals surface area contributed by atoms with Gasteiger partial charge in [0, 0.05) is 5.75 Å². The van der Waals surface area contributed by atoms with E-state index in [0.29, 0.717) is 23.9 Å². The summed E-state index contributed by atoms with van der Waals surface area (Å²) in [6.07, 6.45) is 0.347. The highest BCUT2D eigenvalue weighted by Gasteiger charge is 2.09. The molecule has 0 radical (unpaired) electrons. The Balaban J connectivity index is 1.95. The molecule has 0 unspecified atom stereocenters. The van der Waals surface area contributed by atoms with Crippen molar-refractivity contribution in [3.8, 4) is 5.69 Å². The van der Waals surface area contributed by atoms with Crippen LogP contribution >= 0.6 is 11.8 Å². The van der Waals surface area contributed by atoms with Crippen molar-refractivity contribution < 1.29 is 9.53 Å². The predicted octanol–water partition coefficient (Wildman–Crippen LogP) is 1.71. The minimum atomic E-state index is -0.200. The van der Waals surface area contributed by atoms with E-state index in [4.69, 9.17) is 4.74 Å². The fourth-order valence-electron chi connectivity index (χ4n) is 1.46. The average Bonchev–Trinajstić information content (AvgIpc) is 2.88. The first-order valence-electron chi connectivity index (χ1n) is 5.93. The van der Waals surface area contributed by atoms with Crippen LogP contribution in [0.5, 0.6) is 0 Å². The molecule has 0 atom stereocenters. The SMILES string of the molecule is CCOC(=O)CCSc1nnnn1-c1ccccc1. The zero-order chi connectivity index (χ0) is 13.5. The van der Waals surface area contributed by atoms with Gasteiger partial charge in [0.25, 0.3) is 0 Å². The summed E-state index contributed by atoms with van der Waals surface area (Å²) in [6, 6.07) is 9.62. The van der Waals surface area contributed by atoms with E-state index in [1.807, 2.05) is 30.3 Å². The van der Waals surface area contributed by atoms with E-state index in [9.17, 15) is 4.79 Å². The molecule has 6 nitrogen and oxygen atoms in total. The quantitative estimate of drug-likeness (QED) is 0.592. The Kier molecular flexibility index (Phi) is 4.91. The maximum Gasteiger partial charge on any atom is 0.306 e. The maximum absolute atomic E-state index is 11.2. The van der Waals surface area contributed by atoms with Gasteiger partial charge in [-0.05, 0) is 29.5 Å². The van der Waals surface area contributed by atoms with E-state index in [-0.39, 0.29) is 5.97 Å². The Hall–Kier alpha value is -1.89. The lowest BCUT2D eigenvalue weighted by Crippen LogP contribution is -2.05. The topological polar surface area (TPSA) is 69.9 Å². The first-order valence-corrected chi connectivity index (χ1v) is 6.92. The summed E-state index contributed by atoms with van der Waals surface area (Å²) in [5, 5.41) is 12.2. The smallest absolute Gasteiger partial charge is 0.306 e. The van der Waals surface area contributed by atoms with Gasteiger partial charge in [-0.25, -0.2) is 0 Å². The van der Waals surface area contributed by atoms with Crippen LogP contribution in [0.1, 0.15) is 13.3 Å². The van der Waals surface area contributed by atoms with Gasteiger partial charge in [-0.3, -0.25) is 4.79 Å². The number of hydrogen-bond donors (Lipinski definition) is 0. The van der Waals surface area contributed by atoms with Gasteiger partial charge < -0.3 is 4.74 Å². The Labute approximate surface area is 115 Å². The van der Waals surface area contributed by atoms with Crippen LogP contribution in [0.25, 0.3) is 5.69 Å². The van der Waals surface area contributed by atoms with Crippen molar-refractivity contribution in [1.29, 1.82) is 0 Å². The van der Waals surface area contributed by atoms with Crippen molar-refractivity contribution in [3.63, 3.8) is 0 Å². The molecule has 1 heterocycles. The predicted molar refractivity (Wildman–Crippen MR) is 71.1 cm³/mol. The number of hydrogen-bond acceptors (Lipinski definition) is 6. The van der Waals surface area contributed by atoms with Crippen LogP contribution < -0.4 is 0 Å². The maximum atomic E-state index is 11.2. The molecule has 7 heteroatoms. The van der Waals surface area contributed by atoms with Gasteiger partial charge >= 0.3 is 5.97 Å². The highest BCUT2D eigenvalue weighted by molar-refractivity contribution is 7.99. The molecule has 0 aliphatic rings. The van der Waals surface area contributed by atoms with E-state index in [1.165, 1.54) is 11.8 Å². The van der Waals surface area contributed by atoms with Crippen LogP contribution in [-0.4, -0.2) is 38.5 Å². The van der Waals surface area contributed by atoms with Crippen LogP contribution in [0.2, 0.25) is 0 Å². The Morgan fingerprint density at radius 1 is 1.37 bits per heavy atom. The van der Waals surface area contributed by atoms with Crippen LogP contribution in [0.15, 0.2) is 35.5 Å². The van der Waals surface area contributed by atoms with E-state index in [1.54, 1.807) is 11.6 Å². The monoisotopic (exact) mass is 278 g/mol. The minimum absolute atomic E-state index is 0.200. The lowest BCUT2D eigenvalue weighted by molar-refractivity contribution is -0.142. The molecule has 19 heavy (non-hydrogen) atoms. The van der Waals surface area contributed by atoms with Crippen molar-refractivity contribution in [2.24, 2.45) is 0 Å². The second kappa shape index (κ2) is 6.89. The number of para-hydroxylation sites is 1. The molecular formula is C12H14N4O2S. The molecule has 0 saturated heterocycles. The van der Waals surface area contributed by atoms with Gasteiger partial charge in [0.1, 0.15) is 0 Å². The largest absolute Gasteiger partial charge is 0.466 e. The molecule has 0 aliphatic carbocycles. The third kappa shape index (κ3) is 3.78. The van der Waals surface area contributed by atoms with Crippen LogP contribution in [0.4, 0.5) is 0 Å². The van der Waals surface area contributed by atoms with Gasteiger partial charge in [-0.2, -0.15) is 4.68 Å². The van der Waals surface area contributed by atoms with E-state index < -0.39 is 0 Å². The zero-order valence-electron chi connectivity index (χ0n) is 10.5. The van der Waals surface area contributed by atoms with Gasteiger partial charge in [0.05, 0.1) is 18.7 Å². The number of carbonyl (C=O) groups is 1. The van der Waals surface area contributed by atoms with E-state index in [0.717, 1.165) is 5.69 Å². The summed E-state index contributed by atoms with van der Waals surface area (Å²) in [7, 11) is 0. The molecule has 1 aromatic carbocycles. The number of rotatable bonds is 6. The minimum Gasteiger partial charge on any atom is -0.466 e. The summed E-state index contributed by atoms with van der Waals surface area (Å²) in [4.78, 5) is 11.2. The third-order valence-electron chi connectivity index (χ3n) is 2.28. The molecule has 0 N–H and O–H groups in total. The molecule has 2 aromatic rings. The first-order chi connectivity index (χ1) is 9.31. The fraction of sp³-hybridized carbons (Fsp3) is 0.333. The molecule has 0 saturated carbocycles. The third-order valence-corrected chi connectivity index (χ3v) is 3.21. The van der Waals surface area contributed by atoms with E-state index >= 15 is 0 Å². The number of esters is 1. The summed E-state index contributed by atoms with van der Waals surface area (Å²) in [5.41, 5.74) is 0.895. The number of aromatic nitrogens is 4. The highest BCUT2D eigenvalue weighted by atomic mass is 32.2. The van der Waals surface area contributed by atoms with Crippen LogP contribution in [0.3, 0.4) is 0 Å². The highest BCUT2D eigenvalue weighted by Crippen LogP contribution is 2.18. The fourth-order valence-corrected chi connectivity index (χ4v) is 2.27. The first kappa shape index (κ1) is 13.5. The number of ether oxygens (including phenoxy) is 1. The summed E-state index contributed by atoms with van der Waals surface area (Å²) >= 11 is 1.43. The number of thioether (sulfide) groups is 1. The normalized spacial score (nSPS) is 10.4. The van der Waals surface area contributed by atoms with Gasteiger partial charge in [0.15, 0.2) is 0 Å². The average molecular weight is 278 g/mol. The summed E-state index contributed by atoms with van der Waals surface area (Å²) in [5.74, 6) is 0.389. The lowest BCUT2D eigenvalue weighted by atomic mass is 10.3. The van der Waals surface area contributed by atoms with Crippen LogP contribution in [-0.2, 0) is 9.53 Å².